The zero-order valence-electron chi connectivity index (χ0n) is 19.7. The lowest BCUT2D eigenvalue weighted by Gasteiger charge is -2.34. The predicted molar refractivity (Wildman–Crippen MR) is 128 cm³/mol. The van der Waals surface area contributed by atoms with Crippen molar-refractivity contribution in [1.82, 2.24) is 10.2 Å². The second-order valence-corrected chi connectivity index (χ2v) is 9.48. The molecule has 34 heavy (non-hydrogen) atoms. The molecular weight excluding hydrogens is 432 g/mol. The number of carboxylic acids is 1. The van der Waals surface area contributed by atoms with Gasteiger partial charge in [-0.25, -0.2) is 4.79 Å². The molecule has 180 valence electrons. The molecule has 2 aromatic rings. The molecule has 0 aliphatic heterocycles. The van der Waals surface area contributed by atoms with Gasteiger partial charge in [0.1, 0.15) is 13.2 Å². The summed E-state index contributed by atoms with van der Waals surface area (Å²) in [5.41, 5.74) is 4.67. The van der Waals surface area contributed by atoms with Crippen LogP contribution in [0.4, 0.5) is 4.79 Å². The summed E-state index contributed by atoms with van der Waals surface area (Å²) in [5, 5.41) is 12.1. The van der Waals surface area contributed by atoms with Gasteiger partial charge in [0.25, 0.3) is 0 Å². The Balaban J connectivity index is 1.35. The molecule has 0 bridgehead atoms. The van der Waals surface area contributed by atoms with Crippen LogP contribution in [-0.4, -0.2) is 53.2 Å². The third-order valence-corrected chi connectivity index (χ3v) is 6.90. The van der Waals surface area contributed by atoms with E-state index >= 15 is 0 Å². The number of hydrogen-bond acceptors (Lipinski definition) is 4. The highest BCUT2D eigenvalue weighted by Crippen LogP contribution is 2.44. The van der Waals surface area contributed by atoms with E-state index < -0.39 is 12.1 Å². The minimum Gasteiger partial charge on any atom is -0.480 e. The first-order chi connectivity index (χ1) is 16.3. The van der Waals surface area contributed by atoms with Gasteiger partial charge < -0.3 is 20.1 Å². The van der Waals surface area contributed by atoms with Crippen LogP contribution in [0.5, 0.6) is 0 Å². The molecule has 0 spiro atoms. The fraction of sp³-hybridized carbons (Fsp3) is 0.444. The number of carbonyl (C=O) groups excluding carboxylic acids is 2. The lowest BCUT2D eigenvalue weighted by Crippen LogP contribution is -2.47. The summed E-state index contributed by atoms with van der Waals surface area (Å²) in [5.74, 6) is -1.48. The van der Waals surface area contributed by atoms with Crippen molar-refractivity contribution in [2.75, 3.05) is 13.2 Å². The Morgan fingerprint density at radius 3 is 2.24 bits per heavy atom. The maximum atomic E-state index is 13.0. The highest BCUT2D eigenvalue weighted by molar-refractivity contribution is 5.83. The van der Waals surface area contributed by atoms with Crippen LogP contribution < -0.4 is 5.32 Å². The number of rotatable bonds is 7. The van der Waals surface area contributed by atoms with E-state index in [-0.39, 0.29) is 43.0 Å². The van der Waals surface area contributed by atoms with Crippen LogP contribution in [0.1, 0.15) is 56.6 Å². The first-order valence-corrected chi connectivity index (χ1v) is 12.0. The summed E-state index contributed by atoms with van der Waals surface area (Å²) in [6.45, 7) is 3.57. The van der Waals surface area contributed by atoms with Gasteiger partial charge in [-0.2, -0.15) is 0 Å². The number of carboxylic acid groups (broad SMARTS) is 1. The number of aliphatic carboxylic acids is 1. The topological polar surface area (TPSA) is 95.9 Å². The van der Waals surface area contributed by atoms with E-state index in [9.17, 15) is 14.4 Å². The molecule has 2 aliphatic carbocycles. The lowest BCUT2D eigenvalue weighted by atomic mass is 9.84. The van der Waals surface area contributed by atoms with Gasteiger partial charge in [-0.3, -0.25) is 9.59 Å². The van der Waals surface area contributed by atoms with Crippen LogP contribution in [0, 0.1) is 5.92 Å². The molecule has 7 heteroatoms. The van der Waals surface area contributed by atoms with Crippen LogP contribution in [0.25, 0.3) is 11.1 Å². The molecule has 2 unspecified atom stereocenters. The van der Waals surface area contributed by atoms with Crippen LogP contribution in [-0.2, 0) is 14.3 Å². The van der Waals surface area contributed by atoms with Crippen molar-refractivity contribution in [3.8, 4) is 11.1 Å². The zero-order chi connectivity index (χ0) is 24.2. The molecule has 0 heterocycles. The number of fused-ring (bicyclic) bond motifs is 3. The number of hydrogen-bond donors (Lipinski definition) is 2. The van der Waals surface area contributed by atoms with Crippen LogP contribution in [0.15, 0.2) is 48.5 Å². The Hall–Kier alpha value is -3.35. The third-order valence-electron chi connectivity index (χ3n) is 6.90. The maximum absolute atomic E-state index is 13.0. The summed E-state index contributed by atoms with van der Waals surface area (Å²) >= 11 is 0. The average Bonchev–Trinajstić information content (AvgIpc) is 3.14. The number of nitrogens with one attached hydrogen (secondary N) is 1. The van der Waals surface area contributed by atoms with E-state index in [1.807, 2.05) is 38.1 Å². The van der Waals surface area contributed by atoms with Gasteiger partial charge in [-0.15, -0.1) is 0 Å². The summed E-state index contributed by atoms with van der Waals surface area (Å²) < 4.78 is 5.65. The molecule has 0 radical (unpaired) electrons. The van der Waals surface area contributed by atoms with E-state index in [0.29, 0.717) is 12.8 Å². The highest BCUT2D eigenvalue weighted by atomic mass is 16.5. The predicted octanol–water partition coefficient (Wildman–Crippen LogP) is 4.41. The number of amides is 2. The largest absolute Gasteiger partial charge is 0.480 e. The van der Waals surface area contributed by atoms with E-state index in [2.05, 4.69) is 29.6 Å². The van der Waals surface area contributed by atoms with Crippen LogP contribution in [0.3, 0.4) is 0 Å². The van der Waals surface area contributed by atoms with Crippen molar-refractivity contribution in [3.63, 3.8) is 0 Å². The lowest BCUT2D eigenvalue weighted by molar-refractivity contribution is -0.148. The van der Waals surface area contributed by atoms with Crippen molar-refractivity contribution < 1.29 is 24.2 Å². The van der Waals surface area contributed by atoms with Gasteiger partial charge in [0.2, 0.25) is 5.91 Å². The molecule has 1 saturated carbocycles. The molecule has 1 fully saturated rings. The van der Waals surface area contributed by atoms with Gasteiger partial charge in [0, 0.05) is 23.9 Å². The normalized spacial score (nSPS) is 19.3. The summed E-state index contributed by atoms with van der Waals surface area (Å²) in [4.78, 5) is 38.2. The summed E-state index contributed by atoms with van der Waals surface area (Å²) in [6, 6.07) is 16.0. The molecule has 2 atom stereocenters. The monoisotopic (exact) mass is 464 g/mol. The third kappa shape index (κ3) is 5.08. The fourth-order valence-corrected chi connectivity index (χ4v) is 5.25. The van der Waals surface area contributed by atoms with Crippen molar-refractivity contribution in [2.24, 2.45) is 5.92 Å². The van der Waals surface area contributed by atoms with Gasteiger partial charge in [0.05, 0.1) is 0 Å². The Bertz CT molecular complexity index is 1020. The van der Waals surface area contributed by atoms with Crippen molar-refractivity contribution in [3.05, 3.63) is 59.7 Å². The quantitative estimate of drug-likeness (QED) is 0.633. The zero-order valence-corrected chi connectivity index (χ0v) is 19.7. The number of ether oxygens (including phenoxy) is 1. The first-order valence-electron chi connectivity index (χ1n) is 12.0. The molecule has 2 aliphatic rings. The van der Waals surface area contributed by atoms with Gasteiger partial charge in [-0.1, -0.05) is 55.0 Å². The van der Waals surface area contributed by atoms with Gasteiger partial charge in [-0.05, 0) is 55.4 Å². The van der Waals surface area contributed by atoms with Crippen LogP contribution >= 0.6 is 0 Å². The minimum atomic E-state index is -1.02. The standard InChI is InChI=1S/C27H32N2O5/c1-17(2)29(15-25(30)31)26(32)18-8-7-9-19(14-18)28-27(33)34-16-24-22-12-5-3-10-20(22)21-11-4-6-13-23(21)24/h3-6,10-13,17-19,24H,7-9,14-16H2,1-2H3,(H,28,33)(H,30,31). The van der Waals surface area contributed by atoms with E-state index in [0.717, 1.165) is 24.0 Å². The smallest absolute Gasteiger partial charge is 0.407 e. The Labute approximate surface area is 200 Å². The van der Waals surface area contributed by atoms with Gasteiger partial charge >= 0.3 is 12.1 Å². The highest BCUT2D eigenvalue weighted by Gasteiger charge is 2.33. The van der Waals surface area contributed by atoms with Crippen molar-refractivity contribution in [1.29, 1.82) is 0 Å². The van der Waals surface area contributed by atoms with E-state index in [4.69, 9.17) is 9.84 Å². The number of benzene rings is 2. The Morgan fingerprint density at radius 2 is 1.65 bits per heavy atom. The summed E-state index contributed by atoms with van der Waals surface area (Å²) in [7, 11) is 0. The Kier molecular flexibility index (Phi) is 7.20. The van der Waals surface area contributed by atoms with E-state index in [1.165, 1.54) is 16.0 Å². The second-order valence-electron chi connectivity index (χ2n) is 9.48. The summed E-state index contributed by atoms with van der Waals surface area (Å²) in [6.07, 6.45) is 2.28. The molecule has 0 saturated heterocycles. The fourth-order valence-electron chi connectivity index (χ4n) is 5.25. The first kappa shape index (κ1) is 23.8. The number of carbonyl (C=O) groups is 3. The molecule has 4 rings (SSSR count). The Morgan fingerprint density at radius 1 is 1.03 bits per heavy atom. The second kappa shape index (κ2) is 10.3. The molecule has 2 amide bonds. The van der Waals surface area contributed by atoms with Gasteiger partial charge in [0.15, 0.2) is 0 Å². The maximum Gasteiger partial charge on any atom is 0.407 e. The molecule has 0 aromatic heterocycles. The number of alkyl carbamates (subject to hydrolysis) is 1. The van der Waals surface area contributed by atoms with Crippen LogP contribution in [0.2, 0.25) is 0 Å². The molecule has 2 N–H and O–H groups in total. The number of nitrogens with zero attached hydrogens (tertiary/aromatic N) is 1. The van der Waals surface area contributed by atoms with Crippen molar-refractivity contribution in [2.45, 2.75) is 57.5 Å². The molecule has 7 nitrogen and oxygen atoms in total. The average molecular weight is 465 g/mol. The molecule has 2 aromatic carbocycles. The minimum absolute atomic E-state index is 0.00514. The SMILES string of the molecule is CC(C)N(CC(=O)O)C(=O)C1CCCC(NC(=O)OCC2c3ccccc3-c3ccccc32)C1. The van der Waals surface area contributed by atoms with E-state index in [1.54, 1.807) is 0 Å². The molecular formula is C27H32N2O5. The van der Waals surface area contributed by atoms with Crippen molar-refractivity contribution >= 4 is 18.0 Å².